The SMILES string of the molecule is CCC(CC)N1C(=O)CC(NCC(C)(C)SC)C1=O. The number of amides is 2. The summed E-state index contributed by atoms with van der Waals surface area (Å²) in [5.74, 6) is -0.0752. The maximum Gasteiger partial charge on any atom is 0.247 e. The van der Waals surface area contributed by atoms with E-state index < -0.39 is 0 Å². The van der Waals surface area contributed by atoms with E-state index in [0.717, 1.165) is 19.4 Å². The lowest BCUT2D eigenvalue weighted by Gasteiger charge is -2.26. The number of hydrogen-bond donors (Lipinski definition) is 1. The first kappa shape index (κ1) is 16.5. The normalized spacial score (nSPS) is 20.7. The van der Waals surface area contributed by atoms with Crippen LogP contribution in [0.4, 0.5) is 0 Å². The van der Waals surface area contributed by atoms with Crippen molar-refractivity contribution in [3.63, 3.8) is 0 Å². The van der Waals surface area contributed by atoms with Crippen LogP contribution < -0.4 is 5.32 Å². The van der Waals surface area contributed by atoms with E-state index in [1.807, 2.05) is 13.8 Å². The average molecular weight is 286 g/mol. The Morgan fingerprint density at radius 3 is 2.42 bits per heavy atom. The zero-order valence-corrected chi connectivity index (χ0v) is 13.5. The van der Waals surface area contributed by atoms with Crippen molar-refractivity contribution in [1.29, 1.82) is 0 Å². The number of imide groups is 1. The van der Waals surface area contributed by atoms with Crippen molar-refractivity contribution in [3.8, 4) is 0 Å². The molecule has 4 nitrogen and oxygen atoms in total. The molecule has 1 rings (SSSR count). The molecule has 1 aliphatic rings. The highest BCUT2D eigenvalue weighted by Gasteiger charge is 2.41. The van der Waals surface area contributed by atoms with Crippen LogP contribution in [0.1, 0.15) is 47.0 Å². The van der Waals surface area contributed by atoms with E-state index >= 15 is 0 Å². The number of carbonyl (C=O) groups excluding carboxylic acids is 2. The van der Waals surface area contributed by atoms with Gasteiger partial charge in [-0.05, 0) is 32.9 Å². The predicted molar refractivity (Wildman–Crippen MR) is 80.2 cm³/mol. The maximum atomic E-state index is 12.3. The van der Waals surface area contributed by atoms with Gasteiger partial charge in [-0.3, -0.25) is 14.5 Å². The van der Waals surface area contributed by atoms with E-state index in [0.29, 0.717) is 6.42 Å². The summed E-state index contributed by atoms with van der Waals surface area (Å²) < 4.78 is 0.0751. The molecule has 1 saturated heterocycles. The quantitative estimate of drug-likeness (QED) is 0.728. The molecule has 1 N–H and O–H groups in total. The zero-order chi connectivity index (χ0) is 14.6. The highest BCUT2D eigenvalue weighted by atomic mass is 32.2. The fourth-order valence-electron chi connectivity index (χ4n) is 2.29. The van der Waals surface area contributed by atoms with Crippen LogP contribution in [0.25, 0.3) is 0 Å². The molecule has 1 heterocycles. The highest BCUT2D eigenvalue weighted by molar-refractivity contribution is 7.99. The summed E-state index contributed by atoms with van der Waals surface area (Å²) in [6, 6.07) is -0.278. The molecule has 19 heavy (non-hydrogen) atoms. The Labute approximate surface area is 120 Å². The lowest BCUT2D eigenvalue weighted by Crippen LogP contribution is -2.46. The second kappa shape index (κ2) is 6.75. The Morgan fingerprint density at radius 2 is 1.95 bits per heavy atom. The van der Waals surface area contributed by atoms with E-state index in [1.54, 1.807) is 11.8 Å². The number of thioether (sulfide) groups is 1. The number of hydrogen-bond acceptors (Lipinski definition) is 4. The van der Waals surface area contributed by atoms with Crippen LogP contribution in [0, 0.1) is 0 Å². The third kappa shape index (κ3) is 3.96. The van der Waals surface area contributed by atoms with Crippen LogP contribution in [0.15, 0.2) is 0 Å². The van der Waals surface area contributed by atoms with Crippen LogP contribution in [0.5, 0.6) is 0 Å². The topological polar surface area (TPSA) is 49.4 Å². The molecule has 1 fully saturated rings. The standard InChI is InChI=1S/C14H26N2O2S/c1-6-10(7-2)16-12(17)8-11(13(16)18)15-9-14(3,4)19-5/h10-11,15H,6-9H2,1-5H3. The first-order valence-corrected chi connectivity index (χ1v) is 8.23. The van der Waals surface area contributed by atoms with E-state index in [9.17, 15) is 9.59 Å². The molecule has 0 aromatic carbocycles. The van der Waals surface area contributed by atoms with Crippen LogP contribution in [-0.4, -0.2) is 46.3 Å². The van der Waals surface area contributed by atoms with Gasteiger partial charge in [-0.25, -0.2) is 0 Å². The molecule has 1 atom stereocenters. The minimum atomic E-state index is -0.334. The van der Waals surface area contributed by atoms with Gasteiger partial charge < -0.3 is 5.32 Å². The number of nitrogens with one attached hydrogen (secondary N) is 1. The lowest BCUT2D eigenvalue weighted by atomic mass is 10.1. The van der Waals surface area contributed by atoms with Crippen molar-refractivity contribution in [1.82, 2.24) is 10.2 Å². The van der Waals surface area contributed by atoms with Crippen molar-refractivity contribution in [2.24, 2.45) is 0 Å². The Hall–Kier alpha value is -0.550. The van der Waals surface area contributed by atoms with Gasteiger partial charge in [-0.1, -0.05) is 13.8 Å². The minimum Gasteiger partial charge on any atom is -0.304 e. The van der Waals surface area contributed by atoms with Gasteiger partial charge in [0.05, 0.1) is 12.5 Å². The summed E-state index contributed by atoms with van der Waals surface area (Å²) >= 11 is 1.76. The number of carbonyl (C=O) groups is 2. The molecule has 0 bridgehead atoms. The van der Waals surface area contributed by atoms with Crippen molar-refractivity contribution >= 4 is 23.6 Å². The van der Waals surface area contributed by atoms with Gasteiger partial charge in [0.15, 0.2) is 0 Å². The molecule has 0 aromatic heterocycles. The maximum absolute atomic E-state index is 12.3. The molecule has 1 aliphatic heterocycles. The van der Waals surface area contributed by atoms with Gasteiger partial charge in [0.1, 0.15) is 0 Å². The van der Waals surface area contributed by atoms with Crippen molar-refractivity contribution in [2.45, 2.75) is 63.8 Å². The van der Waals surface area contributed by atoms with Gasteiger partial charge in [-0.2, -0.15) is 11.8 Å². The van der Waals surface area contributed by atoms with E-state index in [2.05, 4.69) is 25.4 Å². The van der Waals surface area contributed by atoms with Gasteiger partial charge in [0.25, 0.3) is 0 Å². The van der Waals surface area contributed by atoms with E-state index in [-0.39, 0.29) is 28.6 Å². The van der Waals surface area contributed by atoms with Crippen LogP contribution in [0.3, 0.4) is 0 Å². The van der Waals surface area contributed by atoms with Gasteiger partial charge >= 0.3 is 0 Å². The van der Waals surface area contributed by atoms with Gasteiger partial charge in [-0.15, -0.1) is 0 Å². The summed E-state index contributed by atoms with van der Waals surface area (Å²) in [6.07, 6.45) is 4.02. The first-order chi connectivity index (χ1) is 8.86. The molecular formula is C14H26N2O2S. The summed E-state index contributed by atoms with van der Waals surface area (Å²) in [5.41, 5.74) is 0. The average Bonchev–Trinajstić information content (AvgIpc) is 2.66. The Bertz CT molecular complexity index is 340. The molecule has 0 spiro atoms. The molecule has 0 saturated carbocycles. The van der Waals surface area contributed by atoms with Crippen LogP contribution in [0.2, 0.25) is 0 Å². The highest BCUT2D eigenvalue weighted by Crippen LogP contribution is 2.23. The fourth-order valence-corrected chi connectivity index (χ4v) is 2.52. The van der Waals surface area contributed by atoms with Crippen molar-refractivity contribution in [3.05, 3.63) is 0 Å². The van der Waals surface area contributed by atoms with Crippen LogP contribution in [-0.2, 0) is 9.59 Å². The van der Waals surface area contributed by atoms with E-state index in [4.69, 9.17) is 0 Å². The Kier molecular flexibility index (Phi) is 5.86. The van der Waals surface area contributed by atoms with Gasteiger partial charge in [0.2, 0.25) is 11.8 Å². The molecule has 2 amide bonds. The molecular weight excluding hydrogens is 260 g/mol. The third-order valence-electron chi connectivity index (χ3n) is 3.82. The van der Waals surface area contributed by atoms with Gasteiger partial charge in [0, 0.05) is 17.3 Å². The molecule has 0 radical (unpaired) electrons. The third-order valence-corrected chi connectivity index (χ3v) is 5.07. The Balaban J connectivity index is 2.65. The van der Waals surface area contributed by atoms with Crippen molar-refractivity contribution < 1.29 is 9.59 Å². The van der Waals surface area contributed by atoms with E-state index in [1.165, 1.54) is 4.90 Å². The summed E-state index contributed by atoms with van der Waals surface area (Å²) in [6.45, 7) is 9.03. The smallest absolute Gasteiger partial charge is 0.247 e. The lowest BCUT2D eigenvalue weighted by molar-refractivity contribution is -0.141. The second-order valence-corrected chi connectivity index (χ2v) is 7.19. The number of likely N-dealkylation sites (tertiary alicyclic amines) is 1. The minimum absolute atomic E-state index is 0.0295. The molecule has 1 unspecified atom stereocenters. The second-order valence-electron chi connectivity index (χ2n) is 5.67. The number of rotatable bonds is 7. The summed E-state index contributed by atoms with van der Waals surface area (Å²) in [4.78, 5) is 25.8. The van der Waals surface area contributed by atoms with Crippen molar-refractivity contribution in [2.75, 3.05) is 12.8 Å². The monoisotopic (exact) mass is 286 g/mol. The molecule has 110 valence electrons. The largest absolute Gasteiger partial charge is 0.304 e. The fraction of sp³-hybridized carbons (Fsp3) is 0.857. The predicted octanol–water partition coefficient (Wildman–Crippen LogP) is 2.03. The van der Waals surface area contributed by atoms with Crippen LogP contribution >= 0.6 is 11.8 Å². The molecule has 0 aromatic rings. The Morgan fingerprint density at radius 1 is 1.37 bits per heavy atom. The molecule has 0 aliphatic carbocycles. The first-order valence-electron chi connectivity index (χ1n) is 7.00. The summed E-state index contributed by atoms with van der Waals surface area (Å²) in [7, 11) is 0. The molecule has 5 heteroatoms. The summed E-state index contributed by atoms with van der Waals surface area (Å²) in [5, 5.41) is 3.25. The zero-order valence-electron chi connectivity index (χ0n) is 12.7. The number of nitrogens with zero attached hydrogens (tertiary/aromatic N) is 1.